The predicted molar refractivity (Wildman–Crippen MR) is 123 cm³/mol. The van der Waals surface area contributed by atoms with E-state index in [2.05, 4.69) is 27.8 Å². The number of benzene rings is 2. The predicted octanol–water partition coefficient (Wildman–Crippen LogP) is 4.64. The molecule has 10 heteroatoms. The molecule has 156 valence electrons. The quantitative estimate of drug-likeness (QED) is 0.449. The summed E-state index contributed by atoms with van der Waals surface area (Å²) < 4.78 is 6.91. The second-order valence-electron chi connectivity index (χ2n) is 5.84. The molecule has 3 rings (SSSR count). The van der Waals surface area contributed by atoms with Crippen LogP contribution in [-0.4, -0.2) is 40.6 Å². The molecule has 2 N–H and O–H groups in total. The maximum Gasteiger partial charge on any atom is 0.255 e. The standard InChI is InChI=1S/C20H20N4O3S3/c1-3-28-19-23-24-20(30-19)29-12-17(25)21-14-10-8-13(9-11-14)18(26)22-15-6-4-5-7-16(15)27-2/h4-11H,3,12H2,1-2H3,(H,21,25)(H,22,26). The Labute approximate surface area is 187 Å². The Hall–Kier alpha value is -2.56. The third-order valence-electron chi connectivity index (χ3n) is 3.77. The molecule has 0 aliphatic rings. The van der Waals surface area contributed by atoms with Crippen LogP contribution in [0, 0.1) is 0 Å². The summed E-state index contributed by atoms with van der Waals surface area (Å²) in [6.07, 6.45) is 0. The number of aromatic nitrogens is 2. The topological polar surface area (TPSA) is 93.2 Å². The van der Waals surface area contributed by atoms with Crippen LogP contribution in [0.25, 0.3) is 0 Å². The van der Waals surface area contributed by atoms with Gasteiger partial charge >= 0.3 is 0 Å². The number of nitrogens with one attached hydrogen (secondary N) is 2. The molecule has 0 spiro atoms. The summed E-state index contributed by atoms with van der Waals surface area (Å²) in [5.41, 5.74) is 1.69. The van der Waals surface area contributed by atoms with Crippen molar-refractivity contribution in [2.75, 3.05) is 29.2 Å². The lowest BCUT2D eigenvalue weighted by Crippen LogP contribution is -2.15. The number of carbonyl (C=O) groups is 2. The SMILES string of the molecule is CCSc1nnc(SCC(=O)Nc2ccc(C(=O)Nc3ccccc3OC)cc2)s1. The number of ether oxygens (including phenoxy) is 1. The average molecular weight is 461 g/mol. The summed E-state index contributed by atoms with van der Waals surface area (Å²) in [6, 6.07) is 13.9. The molecule has 0 saturated carbocycles. The van der Waals surface area contributed by atoms with E-state index in [-0.39, 0.29) is 17.6 Å². The number of hydrogen-bond acceptors (Lipinski definition) is 8. The molecule has 0 fully saturated rings. The zero-order valence-electron chi connectivity index (χ0n) is 16.4. The van der Waals surface area contributed by atoms with E-state index in [1.807, 2.05) is 12.1 Å². The highest BCUT2D eigenvalue weighted by Gasteiger charge is 2.11. The summed E-state index contributed by atoms with van der Waals surface area (Å²) in [5.74, 6) is 1.35. The van der Waals surface area contributed by atoms with Gasteiger partial charge in [0.15, 0.2) is 8.68 Å². The minimum atomic E-state index is -0.259. The fraction of sp³-hybridized carbons (Fsp3) is 0.200. The molecule has 1 aromatic heterocycles. The molecule has 0 unspecified atom stereocenters. The lowest BCUT2D eigenvalue weighted by molar-refractivity contribution is -0.113. The molecule has 0 aliphatic heterocycles. The van der Waals surface area contributed by atoms with Crippen LogP contribution in [0.4, 0.5) is 11.4 Å². The highest BCUT2D eigenvalue weighted by atomic mass is 32.2. The van der Waals surface area contributed by atoms with E-state index >= 15 is 0 Å². The highest BCUT2D eigenvalue weighted by molar-refractivity contribution is 8.03. The number of hydrogen-bond donors (Lipinski definition) is 2. The third-order valence-corrected chi connectivity index (χ3v) is 6.84. The van der Waals surface area contributed by atoms with Crippen molar-refractivity contribution < 1.29 is 14.3 Å². The molecule has 2 aromatic carbocycles. The molecular weight excluding hydrogens is 440 g/mol. The van der Waals surface area contributed by atoms with E-state index < -0.39 is 0 Å². The van der Waals surface area contributed by atoms with E-state index in [9.17, 15) is 9.59 Å². The Morgan fingerprint density at radius 3 is 2.40 bits per heavy atom. The van der Waals surface area contributed by atoms with Gasteiger partial charge in [-0.3, -0.25) is 9.59 Å². The maximum atomic E-state index is 12.5. The smallest absolute Gasteiger partial charge is 0.255 e. The van der Waals surface area contributed by atoms with Gasteiger partial charge in [0.05, 0.1) is 18.6 Å². The van der Waals surface area contributed by atoms with Gasteiger partial charge in [0.25, 0.3) is 5.91 Å². The van der Waals surface area contributed by atoms with E-state index in [4.69, 9.17) is 4.74 Å². The second-order valence-corrected chi connectivity index (χ2v) is 9.55. The van der Waals surface area contributed by atoms with Gasteiger partial charge < -0.3 is 15.4 Å². The Bertz CT molecular complexity index is 1010. The number of methoxy groups -OCH3 is 1. The molecule has 0 saturated heterocycles. The van der Waals surface area contributed by atoms with Crippen molar-refractivity contribution in [2.45, 2.75) is 15.6 Å². The molecular formula is C20H20N4O3S3. The summed E-state index contributed by atoms with van der Waals surface area (Å²) in [5, 5.41) is 13.8. The van der Waals surface area contributed by atoms with E-state index in [1.165, 1.54) is 23.1 Å². The van der Waals surface area contributed by atoms with Crippen LogP contribution in [0.1, 0.15) is 17.3 Å². The summed E-state index contributed by atoms with van der Waals surface area (Å²) in [7, 11) is 1.55. The van der Waals surface area contributed by atoms with Crippen LogP contribution in [0.2, 0.25) is 0 Å². The first-order valence-electron chi connectivity index (χ1n) is 9.02. The molecule has 0 atom stereocenters. The van der Waals surface area contributed by atoms with Gasteiger partial charge in [-0.05, 0) is 42.2 Å². The van der Waals surface area contributed by atoms with Crippen LogP contribution in [0.15, 0.2) is 57.2 Å². The van der Waals surface area contributed by atoms with Gasteiger partial charge in [-0.1, -0.05) is 53.9 Å². The van der Waals surface area contributed by atoms with Crippen molar-refractivity contribution in [3.63, 3.8) is 0 Å². The van der Waals surface area contributed by atoms with Crippen molar-refractivity contribution in [1.29, 1.82) is 0 Å². The number of rotatable bonds is 9. The molecule has 0 aliphatic carbocycles. The highest BCUT2D eigenvalue weighted by Crippen LogP contribution is 2.28. The van der Waals surface area contributed by atoms with Crippen molar-refractivity contribution in [3.05, 3.63) is 54.1 Å². The normalized spacial score (nSPS) is 10.5. The largest absolute Gasteiger partial charge is 0.495 e. The molecule has 0 bridgehead atoms. The number of amides is 2. The maximum absolute atomic E-state index is 12.5. The van der Waals surface area contributed by atoms with Gasteiger partial charge in [0.1, 0.15) is 5.75 Å². The molecule has 3 aromatic rings. The Morgan fingerprint density at radius 2 is 1.70 bits per heavy atom. The lowest BCUT2D eigenvalue weighted by atomic mass is 10.2. The van der Waals surface area contributed by atoms with Crippen LogP contribution in [0.5, 0.6) is 5.75 Å². The van der Waals surface area contributed by atoms with Crippen LogP contribution in [-0.2, 0) is 4.79 Å². The van der Waals surface area contributed by atoms with Crippen LogP contribution < -0.4 is 15.4 Å². The number of para-hydroxylation sites is 2. The molecule has 2 amide bonds. The number of carbonyl (C=O) groups excluding carboxylic acids is 2. The second kappa shape index (κ2) is 11.0. The van der Waals surface area contributed by atoms with Crippen molar-refractivity contribution >= 4 is 58.0 Å². The van der Waals surface area contributed by atoms with E-state index in [0.717, 1.165) is 14.4 Å². The Balaban J connectivity index is 1.52. The summed E-state index contributed by atoms with van der Waals surface area (Å²) >= 11 is 4.47. The molecule has 30 heavy (non-hydrogen) atoms. The Morgan fingerprint density at radius 1 is 1.00 bits per heavy atom. The van der Waals surface area contributed by atoms with Crippen LogP contribution in [0.3, 0.4) is 0 Å². The van der Waals surface area contributed by atoms with Gasteiger partial charge in [0, 0.05) is 11.3 Å². The third kappa shape index (κ3) is 6.22. The minimum absolute atomic E-state index is 0.147. The van der Waals surface area contributed by atoms with Gasteiger partial charge in [0.2, 0.25) is 5.91 Å². The first kappa shape index (κ1) is 22.1. The molecule has 7 nitrogen and oxygen atoms in total. The first-order chi connectivity index (χ1) is 14.6. The van der Waals surface area contributed by atoms with Gasteiger partial charge in [-0.15, -0.1) is 10.2 Å². The molecule has 1 heterocycles. The van der Waals surface area contributed by atoms with Gasteiger partial charge in [-0.2, -0.15) is 0 Å². The Kier molecular flexibility index (Phi) is 8.12. The minimum Gasteiger partial charge on any atom is -0.495 e. The fourth-order valence-electron chi connectivity index (χ4n) is 2.41. The van der Waals surface area contributed by atoms with E-state index in [1.54, 1.807) is 55.3 Å². The monoisotopic (exact) mass is 460 g/mol. The zero-order chi connectivity index (χ0) is 21.3. The first-order valence-corrected chi connectivity index (χ1v) is 11.8. The summed E-state index contributed by atoms with van der Waals surface area (Å²) in [6.45, 7) is 2.06. The van der Waals surface area contributed by atoms with Crippen molar-refractivity contribution in [3.8, 4) is 5.75 Å². The van der Waals surface area contributed by atoms with Crippen molar-refractivity contribution in [1.82, 2.24) is 10.2 Å². The average Bonchev–Trinajstić information content (AvgIpc) is 3.21. The van der Waals surface area contributed by atoms with Crippen LogP contribution >= 0.6 is 34.9 Å². The number of thioether (sulfide) groups is 2. The number of nitrogens with zero attached hydrogens (tertiary/aromatic N) is 2. The lowest BCUT2D eigenvalue weighted by Gasteiger charge is -2.10. The molecule has 0 radical (unpaired) electrons. The van der Waals surface area contributed by atoms with Gasteiger partial charge in [-0.25, -0.2) is 0 Å². The fourth-order valence-corrected chi connectivity index (χ4v) is 5.13. The van der Waals surface area contributed by atoms with Crippen molar-refractivity contribution in [2.24, 2.45) is 0 Å². The number of anilines is 2. The summed E-state index contributed by atoms with van der Waals surface area (Å²) in [4.78, 5) is 24.6. The van der Waals surface area contributed by atoms with E-state index in [0.29, 0.717) is 22.7 Å². The zero-order valence-corrected chi connectivity index (χ0v) is 18.8.